The quantitative estimate of drug-likeness (QED) is 0.844. The standard InChI is InChI=1S/C14H16N2O2S/c1-3-18-11-6-4-5-10(7-11)8-12-9(2)15-14(19)16-13(12)17/h4-7H,3,8H2,1-2H3,(H2,15,16,17,19). The number of nitrogens with one attached hydrogen (secondary N) is 2. The van der Waals surface area contributed by atoms with Crippen LogP contribution in [0.2, 0.25) is 0 Å². The van der Waals surface area contributed by atoms with Gasteiger partial charge in [0, 0.05) is 17.7 Å². The second kappa shape index (κ2) is 5.84. The number of H-pyrrole nitrogens is 2. The largest absolute Gasteiger partial charge is 0.494 e. The minimum atomic E-state index is -0.136. The van der Waals surface area contributed by atoms with E-state index in [0.717, 1.165) is 17.0 Å². The zero-order valence-corrected chi connectivity index (χ0v) is 11.8. The molecule has 0 atom stereocenters. The number of rotatable bonds is 4. The first-order chi connectivity index (χ1) is 9.10. The Balaban J connectivity index is 2.34. The van der Waals surface area contributed by atoms with Crippen LogP contribution in [0.5, 0.6) is 5.75 Å². The molecule has 0 spiro atoms. The van der Waals surface area contributed by atoms with Crippen LogP contribution in [0.4, 0.5) is 0 Å². The number of aryl methyl sites for hydroxylation is 1. The molecule has 0 saturated heterocycles. The lowest BCUT2D eigenvalue weighted by Crippen LogP contribution is -2.16. The Morgan fingerprint density at radius 2 is 2.11 bits per heavy atom. The highest BCUT2D eigenvalue weighted by Gasteiger charge is 2.06. The first kappa shape index (κ1) is 13.5. The molecule has 2 aromatic rings. The van der Waals surface area contributed by atoms with Crippen molar-refractivity contribution in [3.63, 3.8) is 0 Å². The Kier molecular flexibility index (Phi) is 4.16. The normalized spacial score (nSPS) is 10.4. The molecule has 0 bridgehead atoms. The average molecular weight is 276 g/mol. The Labute approximate surface area is 116 Å². The van der Waals surface area contributed by atoms with Gasteiger partial charge in [0.05, 0.1) is 6.61 Å². The summed E-state index contributed by atoms with van der Waals surface area (Å²) in [6.07, 6.45) is 0.550. The number of aromatic amines is 2. The Morgan fingerprint density at radius 3 is 2.79 bits per heavy atom. The van der Waals surface area contributed by atoms with Crippen LogP contribution in [0, 0.1) is 11.7 Å². The van der Waals surface area contributed by atoms with Gasteiger partial charge in [0.15, 0.2) is 4.77 Å². The van der Waals surface area contributed by atoms with Crippen molar-refractivity contribution in [2.45, 2.75) is 20.3 Å². The van der Waals surface area contributed by atoms with E-state index in [1.54, 1.807) is 0 Å². The third-order valence-corrected chi connectivity index (χ3v) is 3.05. The molecule has 0 unspecified atom stereocenters. The van der Waals surface area contributed by atoms with Crippen LogP contribution >= 0.6 is 12.2 Å². The maximum absolute atomic E-state index is 11.9. The van der Waals surface area contributed by atoms with E-state index in [2.05, 4.69) is 9.97 Å². The average Bonchev–Trinajstić information content (AvgIpc) is 2.35. The molecule has 0 aliphatic rings. The lowest BCUT2D eigenvalue weighted by molar-refractivity contribution is 0.340. The molecule has 2 N–H and O–H groups in total. The van der Waals surface area contributed by atoms with Crippen molar-refractivity contribution in [2.75, 3.05) is 6.61 Å². The van der Waals surface area contributed by atoms with Crippen LogP contribution in [-0.2, 0) is 6.42 Å². The van der Waals surface area contributed by atoms with Crippen LogP contribution < -0.4 is 10.3 Å². The zero-order chi connectivity index (χ0) is 13.8. The summed E-state index contributed by atoms with van der Waals surface area (Å²) in [7, 11) is 0. The zero-order valence-electron chi connectivity index (χ0n) is 10.9. The van der Waals surface area contributed by atoms with Gasteiger partial charge in [-0.15, -0.1) is 0 Å². The summed E-state index contributed by atoms with van der Waals surface area (Å²) in [6, 6.07) is 7.75. The topological polar surface area (TPSA) is 57.9 Å². The fraction of sp³-hybridized carbons (Fsp3) is 0.286. The van der Waals surface area contributed by atoms with Crippen LogP contribution in [0.15, 0.2) is 29.1 Å². The summed E-state index contributed by atoms with van der Waals surface area (Å²) in [5.74, 6) is 0.818. The van der Waals surface area contributed by atoms with E-state index >= 15 is 0 Å². The fourth-order valence-electron chi connectivity index (χ4n) is 1.95. The van der Waals surface area contributed by atoms with Gasteiger partial charge in [-0.3, -0.25) is 9.78 Å². The number of benzene rings is 1. The second-order valence-corrected chi connectivity index (χ2v) is 4.68. The molecule has 0 saturated carbocycles. The van der Waals surface area contributed by atoms with Gasteiger partial charge in [-0.1, -0.05) is 12.1 Å². The molecule has 0 radical (unpaired) electrons. The number of hydrogen-bond donors (Lipinski definition) is 2. The molecule has 2 rings (SSSR count). The van der Waals surface area contributed by atoms with Gasteiger partial charge in [-0.2, -0.15) is 0 Å². The van der Waals surface area contributed by atoms with Crippen molar-refractivity contribution in [3.05, 3.63) is 56.2 Å². The molecule has 1 heterocycles. The Morgan fingerprint density at radius 1 is 1.32 bits per heavy atom. The van der Waals surface area contributed by atoms with E-state index in [-0.39, 0.29) is 5.56 Å². The van der Waals surface area contributed by atoms with Crippen LogP contribution in [0.25, 0.3) is 0 Å². The van der Waals surface area contributed by atoms with E-state index in [1.165, 1.54) is 0 Å². The molecule has 1 aromatic carbocycles. The van der Waals surface area contributed by atoms with Crippen molar-refractivity contribution in [3.8, 4) is 5.75 Å². The number of aromatic nitrogens is 2. The molecule has 100 valence electrons. The molecule has 0 aliphatic carbocycles. The molecule has 0 fully saturated rings. The lowest BCUT2D eigenvalue weighted by atomic mass is 10.1. The SMILES string of the molecule is CCOc1cccc(Cc2c(C)[nH]c(=S)[nH]c2=O)c1. The van der Waals surface area contributed by atoms with Crippen molar-refractivity contribution in [1.82, 2.24) is 9.97 Å². The summed E-state index contributed by atoms with van der Waals surface area (Å²) in [6.45, 7) is 4.42. The fourth-order valence-corrected chi connectivity index (χ4v) is 2.20. The molecular formula is C14H16N2O2S. The Hall–Kier alpha value is -1.88. The highest BCUT2D eigenvalue weighted by molar-refractivity contribution is 7.71. The van der Waals surface area contributed by atoms with Crippen molar-refractivity contribution >= 4 is 12.2 Å². The third-order valence-electron chi connectivity index (χ3n) is 2.85. The van der Waals surface area contributed by atoms with Crippen LogP contribution in [0.3, 0.4) is 0 Å². The maximum atomic E-state index is 11.9. The van der Waals surface area contributed by atoms with Gasteiger partial charge in [-0.25, -0.2) is 0 Å². The molecule has 1 aromatic heterocycles. The summed E-state index contributed by atoms with van der Waals surface area (Å²) in [4.78, 5) is 17.5. The highest BCUT2D eigenvalue weighted by Crippen LogP contribution is 2.16. The van der Waals surface area contributed by atoms with Gasteiger partial charge >= 0.3 is 0 Å². The maximum Gasteiger partial charge on any atom is 0.255 e. The molecule has 0 aliphatic heterocycles. The summed E-state index contributed by atoms with van der Waals surface area (Å²) in [5.41, 5.74) is 2.39. The smallest absolute Gasteiger partial charge is 0.255 e. The van der Waals surface area contributed by atoms with E-state index < -0.39 is 0 Å². The molecule has 19 heavy (non-hydrogen) atoms. The number of ether oxygens (including phenoxy) is 1. The lowest BCUT2D eigenvalue weighted by Gasteiger charge is -2.07. The van der Waals surface area contributed by atoms with Gasteiger partial charge in [-0.05, 0) is 43.8 Å². The first-order valence-corrected chi connectivity index (χ1v) is 6.54. The minimum absolute atomic E-state index is 0.136. The predicted molar refractivity (Wildman–Crippen MR) is 77.4 cm³/mol. The van der Waals surface area contributed by atoms with E-state index in [4.69, 9.17) is 17.0 Å². The summed E-state index contributed by atoms with van der Waals surface area (Å²) in [5, 5.41) is 0. The van der Waals surface area contributed by atoms with Gasteiger partial charge in [0.25, 0.3) is 5.56 Å². The van der Waals surface area contributed by atoms with Gasteiger partial charge < -0.3 is 9.72 Å². The van der Waals surface area contributed by atoms with E-state index in [9.17, 15) is 4.79 Å². The van der Waals surface area contributed by atoms with Crippen molar-refractivity contribution in [2.24, 2.45) is 0 Å². The number of hydrogen-bond acceptors (Lipinski definition) is 3. The minimum Gasteiger partial charge on any atom is -0.494 e. The Bertz CT molecular complexity index is 688. The third kappa shape index (κ3) is 3.32. The van der Waals surface area contributed by atoms with Crippen molar-refractivity contribution < 1.29 is 4.74 Å². The van der Waals surface area contributed by atoms with Gasteiger partial charge in [0.2, 0.25) is 0 Å². The summed E-state index contributed by atoms with van der Waals surface area (Å²) < 4.78 is 5.81. The predicted octanol–water partition coefficient (Wildman–Crippen LogP) is 2.73. The molecule has 4 nitrogen and oxygen atoms in total. The van der Waals surface area contributed by atoms with Crippen LogP contribution in [0.1, 0.15) is 23.7 Å². The molecular weight excluding hydrogens is 260 g/mol. The molecule has 5 heteroatoms. The van der Waals surface area contributed by atoms with E-state index in [0.29, 0.717) is 23.4 Å². The highest BCUT2D eigenvalue weighted by atomic mass is 32.1. The monoisotopic (exact) mass is 276 g/mol. The summed E-state index contributed by atoms with van der Waals surface area (Å²) >= 11 is 4.94. The second-order valence-electron chi connectivity index (χ2n) is 4.27. The van der Waals surface area contributed by atoms with Crippen molar-refractivity contribution in [1.29, 1.82) is 0 Å². The first-order valence-electron chi connectivity index (χ1n) is 6.14. The van der Waals surface area contributed by atoms with E-state index in [1.807, 2.05) is 38.1 Å². The van der Waals surface area contributed by atoms with Crippen LogP contribution in [-0.4, -0.2) is 16.6 Å². The van der Waals surface area contributed by atoms with Gasteiger partial charge in [0.1, 0.15) is 5.75 Å². The molecule has 0 amide bonds.